The van der Waals surface area contributed by atoms with Crippen LogP contribution >= 0.6 is 0 Å². The Kier molecular flexibility index (Phi) is 3.04. The summed E-state index contributed by atoms with van der Waals surface area (Å²) in [7, 11) is 0. The van der Waals surface area contributed by atoms with E-state index in [2.05, 4.69) is 52.0 Å². The van der Waals surface area contributed by atoms with Crippen molar-refractivity contribution < 1.29 is 9.47 Å². The Labute approximate surface area is 97.6 Å². The minimum Gasteiger partial charge on any atom is -0.348 e. The maximum absolute atomic E-state index is 5.91. The van der Waals surface area contributed by atoms with Gasteiger partial charge in [0.15, 0.2) is 6.29 Å². The van der Waals surface area contributed by atoms with Crippen molar-refractivity contribution >= 4 is 0 Å². The highest BCUT2D eigenvalue weighted by molar-refractivity contribution is 5.22. The zero-order valence-electron chi connectivity index (χ0n) is 10.5. The number of ether oxygens (including phenoxy) is 2. The lowest BCUT2D eigenvalue weighted by atomic mass is 9.87. The van der Waals surface area contributed by atoms with Crippen molar-refractivity contribution in [2.24, 2.45) is 5.41 Å². The molecule has 1 aliphatic rings. The Hall–Kier alpha value is -0.860. The van der Waals surface area contributed by atoms with Crippen LogP contribution in [0.25, 0.3) is 0 Å². The van der Waals surface area contributed by atoms with Crippen molar-refractivity contribution in [3.05, 3.63) is 35.4 Å². The maximum atomic E-state index is 5.91. The molecule has 2 heteroatoms. The molecule has 0 bridgehead atoms. The van der Waals surface area contributed by atoms with E-state index in [-0.39, 0.29) is 17.8 Å². The van der Waals surface area contributed by atoms with Gasteiger partial charge in [-0.15, -0.1) is 0 Å². The van der Waals surface area contributed by atoms with Gasteiger partial charge in [-0.1, -0.05) is 43.7 Å². The number of aryl methyl sites for hydroxylation is 1. The average molecular weight is 220 g/mol. The van der Waals surface area contributed by atoms with Crippen LogP contribution in [0.5, 0.6) is 0 Å². The van der Waals surface area contributed by atoms with Crippen molar-refractivity contribution in [1.29, 1.82) is 0 Å². The molecule has 2 nitrogen and oxygen atoms in total. The number of benzene rings is 1. The van der Waals surface area contributed by atoms with Gasteiger partial charge in [-0.3, -0.25) is 0 Å². The molecule has 2 atom stereocenters. The van der Waals surface area contributed by atoms with Crippen LogP contribution in [0.15, 0.2) is 24.3 Å². The minimum atomic E-state index is -0.205. The molecule has 0 saturated carbocycles. The van der Waals surface area contributed by atoms with E-state index in [9.17, 15) is 0 Å². The second kappa shape index (κ2) is 4.19. The van der Waals surface area contributed by atoms with Crippen LogP contribution in [0.3, 0.4) is 0 Å². The summed E-state index contributed by atoms with van der Waals surface area (Å²) in [5, 5.41) is 0. The molecule has 0 radical (unpaired) electrons. The molecule has 88 valence electrons. The lowest BCUT2D eigenvalue weighted by Gasteiger charge is -2.40. The summed E-state index contributed by atoms with van der Waals surface area (Å²) in [5.41, 5.74) is 2.46. The molecule has 1 heterocycles. The predicted molar refractivity (Wildman–Crippen MR) is 64.2 cm³/mol. The number of rotatable bonds is 1. The van der Waals surface area contributed by atoms with E-state index in [1.165, 1.54) is 5.56 Å². The van der Waals surface area contributed by atoms with E-state index >= 15 is 0 Å². The summed E-state index contributed by atoms with van der Waals surface area (Å²) < 4.78 is 11.7. The van der Waals surface area contributed by atoms with Crippen LogP contribution in [0, 0.1) is 12.3 Å². The average Bonchev–Trinajstić information content (AvgIpc) is 2.24. The monoisotopic (exact) mass is 220 g/mol. The van der Waals surface area contributed by atoms with Crippen LogP contribution in [0.4, 0.5) is 0 Å². The summed E-state index contributed by atoms with van der Waals surface area (Å²) in [6, 6.07) is 8.33. The van der Waals surface area contributed by atoms with E-state index < -0.39 is 0 Å². The Bertz CT molecular complexity index is 354. The zero-order valence-corrected chi connectivity index (χ0v) is 10.5. The molecule has 0 N–H and O–H groups in total. The van der Waals surface area contributed by atoms with Gasteiger partial charge in [0, 0.05) is 11.0 Å². The predicted octanol–water partition coefficient (Wildman–Crippen LogP) is 3.46. The van der Waals surface area contributed by atoms with Gasteiger partial charge in [0.05, 0.1) is 12.7 Å². The quantitative estimate of drug-likeness (QED) is 0.721. The SMILES string of the molecule is Cc1ccc([C@H]2OCC(C)(C)[C@H](C)O2)cc1. The Morgan fingerprint density at radius 2 is 1.81 bits per heavy atom. The van der Waals surface area contributed by atoms with E-state index in [4.69, 9.17) is 9.47 Å². The number of hydrogen-bond acceptors (Lipinski definition) is 2. The summed E-state index contributed by atoms with van der Waals surface area (Å²) >= 11 is 0. The van der Waals surface area contributed by atoms with E-state index in [1.807, 2.05) is 0 Å². The fourth-order valence-electron chi connectivity index (χ4n) is 1.72. The third kappa shape index (κ3) is 2.28. The van der Waals surface area contributed by atoms with Crippen molar-refractivity contribution in [3.63, 3.8) is 0 Å². The van der Waals surface area contributed by atoms with E-state index in [1.54, 1.807) is 0 Å². The van der Waals surface area contributed by atoms with Gasteiger partial charge in [-0.25, -0.2) is 0 Å². The van der Waals surface area contributed by atoms with E-state index in [0.717, 1.165) is 12.2 Å². The maximum Gasteiger partial charge on any atom is 0.184 e. The highest BCUT2D eigenvalue weighted by atomic mass is 16.7. The summed E-state index contributed by atoms with van der Waals surface area (Å²) in [4.78, 5) is 0. The van der Waals surface area contributed by atoms with Crippen LogP contribution in [-0.2, 0) is 9.47 Å². The van der Waals surface area contributed by atoms with Crippen molar-refractivity contribution in [2.45, 2.75) is 40.1 Å². The second-order valence-electron chi connectivity index (χ2n) is 5.32. The van der Waals surface area contributed by atoms with Crippen LogP contribution in [0.2, 0.25) is 0 Å². The van der Waals surface area contributed by atoms with Gasteiger partial charge in [0.25, 0.3) is 0 Å². The zero-order chi connectivity index (χ0) is 11.8. The molecule has 0 aliphatic carbocycles. The van der Waals surface area contributed by atoms with Gasteiger partial charge in [-0.05, 0) is 13.8 Å². The first-order chi connectivity index (χ1) is 7.49. The lowest BCUT2D eigenvalue weighted by Crippen LogP contribution is -2.40. The highest BCUT2D eigenvalue weighted by Gasteiger charge is 2.35. The lowest BCUT2D eigenvalue weighted by molar-refractivity contribution is -0.259. The molecule has 0 unspecified atom stereocenters. The van der Waals surface area contributed by atoms with Gasteiger partial charge in [0.1, 0.15) is 0 Å². The van der Waals surface area contributed by atoms with Gasteiger partial charge in [0.2, 0.25) is 0 Å². The second-order valence-corrected chi connectivity index (χ2v) is 5.32. The Morgan fingerprint density at radius 1 is 1.19 bits per heavy atom. The smallest absolute Gasteiger partial charge is 0.184 e. The molecule has 16 heavy (non-hydrogen) atoms. The van der Waals surface area contributed by atoms with Gasteiger partial charge >= 0.3 is 0 Å². The summed E-state index contributed by atoms with van der Waals surface area (Å²) in [6.45, 7) is 9.28. The third-order valence-corrected chi connectivity index (χ3v) is 3.38. The first-order valence-electron chi connectivity index (χ1n) is 5.83. The Balaban J connectivity index is 2.10. The minimum absolute atomic E-state index is 0.0984. The molecular formula is C14H20O2. The van der Waals surface area contributed by atoms with Crippen LogP contribution in [-0.4, -0.2) is 12.7 Å². The molecule has 1 fully saturated rings. The highest BCUT2D eigenvalue weighted by Crippen LogP contribution is 2.35. The van der Waals surface area contributed by atoms with Gasteiger partial charge < -0.3 is 9.47 Å². The van der Waals surface area contributed by atoms with Crippen molar-refractivity contribution in [2.75, 3.05) is 6.61 Å². The Morgan fingerprint density at radius 3 is 2.38 bits per heavy atom. The fraction of sp³-hybridized carbons (Fsp3) is 0.571. The summed E-state index contributed by atoms with van der Waals surface area (Å²) in [5.74, 6) is 0. The van der Waals surface area contributed by atoms with Gasteiger partial charge in [-0.2, -0.15) is 0 Å². The van der Waals surface area contributed by atoms with E-state index in [0.29, 0.717) is 0 Å². The first-order valence-corrected chi connectivity index (χ1v) is 5.83. The standard InChI is InChI=1S/C14H20O2/c1-10-5-7-12(8-6-10)13-15-9-14(3,4)11(2)16-13/h5-8,11,13H,9H2,1-4H3/t11-,13-/m0/s1. The molecule has 0 amide bonds. The van der Waals surface area contributed by atoms with Crippen LogP contribution in [0.1, 0.15) is 38.2 Å². The molecule has 2 rings (SSSR count). The molecule has 1 saturated heterocycles. The largest absolute Gasteiger partial charge is 0.348 e. The topological polar surface area (TPSA) is 18.5 Å². The molecule has 1 aromatic rings. The molecule has 0 spiro atoms. The molecule has 1 aromatic carbocycles. The van der Waals surface area contributed by atoms with Crippen molar-refractivity contribution in [1.82, 2.24) is 0 Å². The van der Waals surface area contributed by atoms with Crippen molar-refractivity contribution in [3.8, 4) is 0 Å². The fourth-order valence-corrected chi connectivity index (χ4v) is 1.72. The number of hydrogen-bond donors (Lipinski definition) is 0. The van der Waals surface area contributed by atoms with Crippen LogP contribution < -0.4 is 0 Å². The molecular weight excluding hydrogens is 200 g/mol. The third-order valence-electron chi connectivity index (χ3n) is 3.38. The molecule has 1 aliphatic heterocycles. The first kappa shape index (κ1) is 11.6. The normalized spacial score (nSPS) is 29.0. The molecule has 0 aromatic heterocycles. The summed E-state index contributed by atoms with van der Waals surface area (Å²) in [6.07, 6.45) is 0.0104.